The molecule has 104 valence electrons. The van der Waals surface area contributed by atoms with E-state index in [1.165, 1.54) is 5.56 Å². The van der Waals surface area contributed by atoms with Gasteiger partial charge in [-0.05, 0) is 17.4 Å². The van der Waals surface area contributed by atoms with E-state index in [1.807, 2.05) is 18.2 Å². The number of nitrogens with zero attached hydrogens (tertiary/aromatic N) is 2. The molecule has 1 heterocycles. The molecule has 0 saturated carbocycles. The predicted molar refractivity (Wildman–Crippen MR) is 76.2 cm³/mol. The van der Waals surface area contributed by atoms with Crippen molar-refractivity contribution < 1.29 is 9.73 Å². The Kier molecular flexibility index (Phi) is 3.08. The summed E-state index contributed by atoms with van der Waals surface area (Å²) in [6.45, 7) is 4.28. The van der Waals surface area contributed by atoms with Crippen LogP contribution in [0.3, 0.4) is 0 Å². The van der Waals surface area contributed by atoms with Crippen LogP contribution in [0, 0.1) is 5.41 Å². The van der Waals surface area contributed by atoms with Gasteiger partial charge in [0.1, 0.15) is 5.76 Å². The lowest BCUT2D eigenvalue weighted by atomic mass is 9.75. The summed E-state index contributed by atoms with van der Waals surface area (Å²) in [5, 5.41) is 17.0. The van der Waals surface area contributed by atoms with Gasteiger partial charge in [0.05, 0.1) is 17.0 Å². The first-order chi connectivity index (χ1) is 9.59. The molecule has 4 heteroatoms. The molecule has 1 aromatic heterocycles. The Bertz CT molecular complexity index is 642. The van der Waals surface area contributed by atoms with Crippen LogP contribution in [0.2, 0.25) is 0 Å². The minimum atomic E-state index is 0.0398. The molecular weight excluding hydrogens is 252 g/mol. The first-order valence-corrected chi connectivity index (χ1v) is 6.82. The average Bonchev–Trinajstić information content (AvgIpc) is 2.80. The maximum atomic E-state index is 9.30. The molecule has 4 nitrogen and oxygen atoms in total. The van der Waals surface area contributed by atoms with Gasteiger partial charge in [-0.1, -0.05) is 54.5 Å². The van der Waals surface area contributed by atoms with Gasteiger partial charge in [0.15, 0.2) is 0 Å². The summed E-state index contributed by atoms with van der Waals surface area (Å²) < 4.78 is 5.49. The van der Waals surface area contributed by atoms with Gasteiger partial charge < -0.3 is 9.73 Å². The van der Waals surface area contributed by atoms with Crippen LogP contribution in [0.25, 0.3) is 0 Å². The lowest BCUT2D eigenvalue weighted by molar-refractivity contribution is 0.285. The molecule has 1 aliphatic carbocycles. The molecule has 1 aliphatic rings. The molecule has 2 aromatic rings. The van der Waals surface area contributed by atoms with Crippen molar-refractivity contribution in [2.45, 2.75) is 33.1 Å². The summed E-state index contributed by atoms with van der Waals surface area (Å²) >= 11 is 0. The molecular formula is C16H18N2O2. The highest BCUT2D eigenvalue weighted by atomic mass is 16.5. The SMILES string of the molecule is CC1(C)CC(=NO)c2c(Cc3ccccc3)noc2C1. The third kappa shape index (κ3) is 2.33. The number of benzene rings is 1. The number of aromatic nitrogens is 1. The zero-order valence-electron chi connectivity index (χ0n) is 11.8. The lowest BCUT2D eigenvalue weighted by Gasteiger charge is -2.28. The standard InChI is InChI=1S/C16H18N2O2/c1-16(2)9-13(17-19)15-12(18-20-14(15)10-16)8-11-6-4-3-5-7-11/h3-7,19H,8-10H2,1-2H3. The van der Waals surface area contributed by atoms with Crippen LogP contribution in [0.15, 0.2) is 40.0 Å². The Balaban J connectivity index is 1.98. The fraction of sp³-hybridized carbons (Fsp3) is 0.375. The highest BCUT2D eigenvalue weighted by Crippen LogP contribution is 2.36. The van der Waals surface area contributed by atoms with Crippen LogP contribution in [0.4, 0.5) is 0 Å². The van der Waals surface area contributed by atoms with E-state index in [9.17, 15) is 5.21 Å². The second kappa shape index (κ2) is 4.78. The van der Waals surface area contributed by atoms with E-state index in [2.05, 4.69) is 36.3 Å². The summed E-state index contributed by atoms with van der Waals surface area (Å²) in [7, 11) is 0. The Morgan fingerprint density at radius 3 is 2.70 bits per heavy atom. The smallest absolute Gasteiger partial charge is 0.146 e. The normalized spacial score (nSPS) is 19.0. The number of oxime groups is 1. The number of hydrogen-bond donors (Lipinski definition) is 1. The Hall–Kier alpha value is -2.10. The van der Waals surface area contributed by atoms with E-state index >= 15 is 0 Å². The summed E-state index contributed by atoms with van der Waals surface area (Å²) in [5.41, 5.74) is 3.65. The molecule has 3 rings (SSSR count). The minimum absolute atomic E-state index is 0.0398. The van der Waals surface area contributed by atoms with E-state index < -0.39 is 0 Å². The van der Waals surface area contributed by atoms with Crippen molar-refractivity contribution >= 4 is 5.71 Å². The van der Waals surface area contributed by atoms with Crippen LogP contribution in [0.5, 0.6) is 0 Å². The molecule has 0 unspecified atom stereocenters. The molecule has 0 radical (unpaired) electrons. The quantitative estimate of drug-likeness (QED) is 0.672. The Labute approximate surface area is 118 Å². The number of rotatable bonds is 2. The van der Waals surface area contributed by atoms with Crippen LogP contribution in [0.1, 0.15) is 42.8 Å². The molecule has 0 bridgehead atoms. The molecule has 0 saturated heterocycles. The van der Waals surface area contributed by atoms with Gasteiger partial charge in [-0.2, -0.15) is 0 Å². The molecule has 1 aromatic carbocycles. The largest absolute Gasteiger partial charge is 0.411 e. The van der Waals surface area contributed by atoms with Gasteiger partial charge in [-0.3, -0.25) is 0 Å². The van der Waals surface area contributed by atoms with Gasteiger partial charge >= 0.3 is 0 Å². The first-order valence-electron chi connectivity index (χ1n) is 6.82. The third-order valence-corrected chi connectivity index (χ3v) is 3.74. The monoisotopic (exact) mass is 270 g/mol. The van der Waals surface area contributed by atoms with Gasteiger partial charge in [0.2, 0.25) is 0 Å². The zero-order valence-corrected chi connectivity index (χ0v) is 11.8. The molecule has 0 aliphatic heterocycles. The topological polar surface area (TPSA) is 58.6 Å². The van der Waals surface area contributed by atoms with Crippen LogP contribution in [-0.4, -0.2) is 16.1 Å². The predicted octanol–water partition coefficient (Wildman–Crippen LogP) is 3.42. The maximum absolute atomic E-state index is 9.30. The fourth-order valence-electron chi connectivity index (χ4n) is 2.84. The Morgan fingerprint density at radius 2 is 2.00 bits per heavy atom. The van der Waals surface area contributed by atoms with E-state index in [0.717, 1.165) is 29.9 Å². The number of hydrogen-bond acceptors (Lipinski definition) is 4. The second-order valence-electron chi connectivity index (χ2n) is 6.15. The van der Waals surface area contributed by atoms with Crippen molar-refractivity contribution in [2.24, 2.45) is 10.6 Å². The molecule has 0 atom stereocenters. The molecule has 20 heavy (non-hydrogen) atoms. The van der Waals surface area contributed by atoms with Crippen LogP contribution < -0.4 is 0 Å². The zero-order chi connectivity index (χ0) is 14.2. The van der Waals surface area contributed by atoms with Crippen LogP contribution in [-0.2, 0) is 12.8 Å². The summed E-state index contributed by atoms with van der Waals surface area (Å²) in [6.07, 6.45) is 2.25. The van der Waals surface area contributed by atoms with Crippen molar-refractivity contribution in [3.8, 4) is 0 Å². The van der Waals surface area contributed by atoms with E-state index in [0.29, 0.717) is 12.1 Å². The second-order valence-corrected chi connectivity index (χ2v) is 6.15. The van der Waals surface area contributed by atoms with E-state index in [-0.39, 0.29) is 5.41 Å². The van der Waals surface area contributed by atoms with Crippen molar-refractivity contribution in [2.75, 3.05) is 0 Å². The maximum Gasteiger partial charge on any atom is 0.146 e. The summed E-state index contributed by atoms with van der Waals surface area (Å²) in [6, 6.07) is 10.1. The van der Waals surface area contributed by atoms with Gasteiger partial charge in [-0.15, -0.1) is 0 Å². The number of fused-ring (bicyclic) bond motifs is 1. The third-order valence-electron chi connectivity index (χ3n) is 3.74. The van der Waals surface area contributed by atoms with Crippen molar-refractivity contribution in [1.82, 2.24) is 5.16 Å². The van der Waals surface area contributed by atoms with E-state index in [4.69, 9.17) is 4.52 Å². The van der Waals surface area contributed by atoms with E-state index in [1.54, 1.807) is 0 Å². The summed E-state index contributed by atoms with van der Waals surface area (Å²) in [4.78, 5) is 0. The lowest BCUT2D eigenvalue weighted by Crippen LogP contribution is -2.27. The average molecular weight is 270 g/mol. The first kappa shape index (κ1) is 12.9. The van der Waals surface area contributed by atoms with Crippen molar-refractivity contribution in [1.29, 1.82) is 0 Å². The summed E-state index contributed by atoms with van der Waals surface area (Å²) in [5.74, 6) is 0.833. The highest BCUT2D eigenvalue weighted by Gasteiger charge is 2.35. The van der Waals surface area contributed by atoms with Gasteiger partial charge in [-0.25, -0.2) is 0 Å². The minimum Gasteiger partial charge on any atom is -0.411 e. The van der Waals surface area contributed by atoms with Crippen molar-refractivity contribution in [3.05, 3.63) is 52.9 Å². The van der Waals surface area contributed by atoms with Crippen molar-refractivity contribution in [3.63, 3.8) is 0 Å². The fourth-order valence-corrected chi connectivity index (χ4v) is 2.84. The molecule has 0 amide bonds. The molecule has 0 fully saturated rings. The highest BCUT2D eigenvalue weighted by molar-refractivity contribution is 6.03. The molecule has 1 N–H and O–H groups in total. The van der Waals surface area contributed by atoms with Gasteiger partial charge in [0, 0.05) is 12.8 Å². The molecule has 0 spiro atoms. The van der Waals surface area contributed by atoms with Gasteiger partial charge in [0.25, 0.3) is 0 Å². The van der Waals surface area contributed by atoms with Crippen LogP contribution >= 0.6 is 0 Å². The Morgan fingerprint density at radius 1 is 1.25 bits per heavy atom.